The van der Waals surface area contributed by atoms with Gasteiger partial charge in [-0.3, -0.25) is 38.4 Å². The zero-order chi connectivity index (χ0) is 57.0. The lowest BCUT2D eigenvalue weighted by Crippen LogP contribution is -2.59. The van der Waals surface area contributed by atoms with Crippen LogP contribution in [0, 0.1) is 34.3 Å². The van der Waals surface area contributed by atoms with Crippen molar-refractivity contribution in [2.45, 2.75) is 175 Å². The average molecular weight is 1170 g/mol. The molecule has 446 valence electrons. The molecule has 3 aromatic carbocycles. The highest BCUT2D eigenvalue weighted by atomic mass is 35.5. The molecule has 2 unspecified atom stereocenters. The van der Waals surface area contributed by atoms with Gasteiger partial charge in [0.05, 0.1) is 24.2 Å². The molecular formula is C61H86Cl2F2N8O8. The van der Waals surface area contributed by atoms with Gasteiger partial charge in [0.2, 0.25) is 35.4 Å². The van der Waals surface area contributed by atoms with Gasteiger partial charge in [0.15, 0.2) is 11.6 Å². The summed E-state index contributed by atoms with van der Waals surface area (Å²) < 4.78 is 30.6. The van der Waals surface area contributed by atoms with Crippen LogP contribution in [-0.4, -0.2) is 120 Å². The lowest BCUT2D eigenvalue weighted by Gasteiger charge is -2.36. The van der Waals surface area contributed by atoms with Crippen LogP contribution in [0.3, 0.4) is 0 Å². The standard InChI is InChI=1S/C60H80F2N8O8.CH4.2ClH/c1-33(63-9)53(73)67-51(59(3,4)5)57(77)69-31-35(26-45(69)55(75)65-43-24-14-18-37-16-12-22-41(61)49(37)43)28-47(71)39-20-11-21-40(30-39)48(72)29-36-27-46(56(76)66-44-25-15-19-38-17-13-23-42(62)50(38)44)70(32-36)58(78)52(60(6,7)8)68-54(74)34(2)64-10;;;/h11-13,16-17,20-23,30,33-36,43-46,51-52,63-64H,14-15,18-19,24-29,31-32H2,1-10H3,(H,65,75)(H,66,76)(H,67,73)(H,68,74);1H4;2*1H/t33-,34-,35+,36+,43?,44?,45-,46-,51+,52+;;;/m0.../s1. The molecule has 0 radical (unpaired) electrons. The van der Waals surface area contributed by atoms with Gasteiger partial charge in [-0.1, -0.05) is 91.4 Å². The Hall–Kier alpha value is -5.82. The molecule has 3 aromatic rings. The number of nitrogens with zero attached hydrogens (tertiary/aromatic N) is 2. The molecule has 81 heavy (non-hydrogen) atoms. The van der Waals surface area contributed by atoms with E-state index in [1.54, 1.807) is 58.3 Å². The second-order valence-electron chi connectivity index (χ2n) is 24.2. The van der Waals surface area contributed by atoms with Crippen molar-refractivity contribution >= 4 is 71.8 Å². The number of aryl methyl sites for hydroxylation is 2. The van der Waals surface area contributed by atoms with E-state index in [4.69, 9.17) is 0 Å². The van der Waals surface area contributed by atoms with Crippen LogP contribution in [0.5, 0.6) is 0 Å². The number of carbonyl (C=O) groups excluding carboxylic acids is 8. The molecule has 4 aliphatic rings. The van der Waals surface area contributed by atoms with E-state index in [1.165, 1.54) is 28.0 Å². The smallest absolute Gasteiger partial charge is 0.246 e. The first-order chi connectivity index (χ1) is 36.8. The van der Waals surface area contributed by atoms with Gasteiger partial charge in [0.25, 0.3) is 0 Å². The summed E-state index contributed by atoms with van der Waals surface area (Å²) in [6.45, 7) is 14.3. The third-order valence-corrected chi connectivity index (χ3v) is 16.3. The van der Waals surface area contributed by atoms with E-state index in [0.717, 1.165) is 24.0 Å². The molecule has 20 heteroatoms. The summed E-state index contributed by atoms with van der Waals surface area (Å²) in [7, 11) is 3.26. The second-order valence-corrected chi connectivity index (χ2v) is 24.2. The lowest BCUT2D eigenvalue weighted by atomic mass is 9.85. The fraction of sp³-hybridized carbons (Fsp3) is 0.574. The van der Waals surface area contributed by atoms with Crippen molar-refractivity contribution in [1.82, 2.24) is 41.7 Å². The first-order valence-corrected chi connectivity index (χ1v) is 27.7. The number of halogens is 4. The number of amides is 6. The van der Waals surface area contributed by atoms with Crippen LogP contribution >= 0.6 is 24.8 Å². The molecule has 2 aliphatic carbocycles. The van der Waals surface area contributed by atoms with Gasteiger partial charge in [0, 0.05) is 48.2 Å². The number of fused-ring (bicyclic) bond motifs is 2. The summed E-state index contributed by atoms with van der Waals surface area (Å²) in [5.41, 5.74) is 1.37. The third-order valence-electron chi connectivity index (χ3n) is 16.3. The van der Waals surface area contributed by atoms with Gasteiger partial charge in [-0.25, -0.2) is 8.78 Å². The SMILES string of the molecule is C.CN[C@@H](C)C(=O)N[C@H](C(=O)N1C[C@@H](CC(=O)c2cccc(C(=O)C[C@H]3C[C@@H](C(=O)NC4CCCc5cccc(F)c54)N(C(=O)[C@@H](NC(=O)[C@H](C)NC)C(C)(C)C)C3)c2)C[C@H]1C(=O)NC1CCCc2cccc(F)c21)C(C)(C)C.Cl.Cl. The van der Waals surface area contributed by atoms with E-state index in [2.05, 4.69) is 31.9 Å². The molecule has 2 saturated heterocycles. The molecule has 2 aliphatic heterocycles. The maximum Gasteiger partial charge on any atom is 0.246 e. The van der Waals surface area contributed by atoms with E-state index in [0.29, 0.717) is 36.8 Å². The Kier molecular flexibility index (Phi) is 23.8. The van der Waals surface area contributed by atoms with E-state index in [-0.39, 0.29) is 93.7 Å². The van der Waals surface area contributed by atoms with Crippen LogP contribution in [0.25, 0.3) is 0 Å². The van der Waals surface area contributed by atoms with Gasteiger partial charge >= 0.3 is 0 Å². The molecular weight excluding hydrogens is 1080 g/mol. The van der Waals surface area contributed by atoms with E-state index in [1.807, 2.05) is 53.7 Å². The Bertz CT molecular complexity index is 2610. The summed E-state index contributed by atoms with van der Waals surface area (Å²) in [4.78, 5) is 116. The molecule has 0 bridgehead atoms. The minimum Gasteiger partial charge on any atom is -0.347 e. The van der Waals surface area contributed by atoms with E-state index >= 15 is 8.78 Å². The van der Waals surface area contributed by atoms with Gasteiger partial charge in [-0.2, -0.15) is 0 Å². The number of ketones is 2. The highest BCUT2D eigenvalue weighted by Gasteiger charge is 2.48. The van der Waals surface area contributed by atoms with Crippen LogP contribution in [0.1, 0.15) is 169 Å². The zero-order valence-corrected chi connectivity index (χ0v) is 49.4. The van der Waals surface area contributed by atoms with Crippen LogP contribution in [0.4, 0.5) is 8.78 Å². The number of benzene rings is 3. The van der Waals surface area contributed by atoms with Crippen LogP contribution < -0.4 is 31.9 Å². The van der Waals surface area contributed by atoms with Gasteiger partial charge in [-0.15, -0.1) is 24.8 Å². The second kappa shape index (κ2) is 28.4. The normalized spacial score (nSPS) is 21.9. The summed E-state index contributed by atoms with van der Waals surface area (Å²) in [6.07, 6.45) is 3.83. The Labute approximate surface area is 489 Å². The first kappa shape index (κ1) is 67.7. The van der Waals surface area contributed by atoms with Crippen molar-refractivity contribution in [2.75, 3.05) is 27.2 Å². The highest BCUT2D eigenvalue weighted by molar-refractivity contribution is 6.02. The number of hydrogen-bond acceptors (Lipinski definition) is 10. The molecule has 2 heterocycles. The molecule has 2 fully saturated rings. The fourth-order valence-electron chi connectivity index (χ4n) is 11.7. The molecule has 6 amide bonds. The molecule has 16 nitrogen and oxygen atoms in total. The summed E-state index contributed by atoms with van der Waals surface area (Å²) in [5, 5.41) is 17.6. The molecule has 7 rings (SSSR count). The Balaban J connectivity index is 0.00000470. The monoisotopic (exact) mass is 1170 g/mol. The van der Waals surface area contributed by atoms with Crippen molar-refractivity contribution in [2.24, 2.45) is 22.7 Å². The first-order valence-electron chi connectivity index (χ1n) is 27.7. The minimum atomic E-state index is -1.04. The van der Waals surface area contributed by atoms with Crippen molar-refractivity contribution < 1.29 is 47.1 Å². The Morgan fingerprint density at radius 1 is 0.580 bits per heavy atom. The number of rotatable bonds is 18. The van der Waals surface area contributed by atoms with Crippen molar-refractivity contribution in [3.8, 4) is 0 Å². The highest BCUT2D eigenvalue weighted by Crippen LogP contribution is 2.37. The predicted molar refractivity (Wildman–Crippen MR) is 313 cm³/mol. The summed E-state index contributed by atoms with van der Waals surface area (Å²) >= 11 is 0. The van der Waals surface area contributed by atoms with Crippen LogP contribution in [0.15, 0.2) is 60.7 Å². The zero-order valence-electron chi connectivity index (χ0n) is 47.8. The predicted octanol–water partition coefficient (Wildman–Crippen LogP) is 7.69. The van der Waals surface area contributed by atoms with Gasteiger partial charge in [0.1, 0.15) is 35.8 Å². The van der Waals surface area contributed by atoms with Crippen LogP contribution in [-0.2, 0) is 41.6 Å². The number of Topliss-reactive ketones (excluding diaryl/α,β-unsaturated/α-hetero) is 2. The number of carbonyl (C=O) groups is 8. The Morgan fingerprint density at radius 2 is 0.938 bits per heavy atom. The van der Waals surface area contributed by atoms with Crippen molar-refractivity contribution in [3.05, 3.63) is 106 Å². The largest absolute Gasteiger partial charge is 0.347 e. The minimum absolute atomic E-state index is 0. The molecule has 0 aromatic heterocycles. The maximum absolute atomic E-state index is 15.3. The number of nitrogens with one attached hydrogen (secondary N) is 6. The van der Waals surface area contributed by atoms with Crippen molar-refractivity contribution in [3.63, 3.8) is 0 Å². The van der Waals surface area contributed by atoms with E-state index in [9.17, 15) is 38.4 Å². The maximum atomic E-state index is 15.3. The van der Waals surface area contributed by atoms with E-state index < -0.39 is 118 Å². The topological polar surface area (TPSA) is 215 Å². The van der Waals surface area contributed by atoms with Crippen LogP contribution in [0.2, 0.25) is 0 Å². The molecule has 0 saturated carbocycles. The Morgan fingerprint density at radius 3 is 1.28 bits per heavy atom. The summed E-state index contributed by atoms with van der Waals surface area (Å²) in [6, 6.07) is 9.38. The molecule has 10 atom stereocenters. The lowest BCUT2D eigenvalue weighted by molar-refractivity contribution is -0.144. The molecule has 0 spiro atoms. The quantitative estimate of drug-likeness (QED) is 0.0683. The average Bonchev–Trinajstić information content (AvgIpc) is 4.03. The number of likely N-dealkylation sites (N-methyl/N-ethyl adjacent to an activating group) is 2. The van der Waals surface area contributed by atoms with Crippen molar-refractivity contribution in [1.29, 1.82) is 0 Å². The van der Waals surface area contributed by atoms with Gasteiger partial charge < -0.3 is 41.7 Å². The number of likely N-dealkylation sites (tertiary alicyclic amines) is 2. The summed E-state index contributed by atoms with van der Waals surface area (Å²) in [5.74, 6) is -5.27. The number of hydrogen-bond donors (Lipinski definition) is 6. The fourth-order valence-corrected chi connectivity index (χ4v) is 11.7. The third kappa shape index (κ3) is 15.8. The molecule has 6 N–H and O–H groups in total. The van der Waals surface area contributed by atoms with Gasteiger partial charge in [-0.05, 0) is 131 Å².